The summed E-state index contributed by atoms with van der Waals surface area (Å²) in [6.45, 7) is 4.47. The van der Waals surface area contributed by atoms with Gasteiger partial charge in [0.15, 0.2) is 0 Å². The fourth-order valence-corrected chi connectivity index (χ4v) is 3.24. The molecule has 1 fully saturated rings. The molecule has 0 bridgehead atoms. The van der Waals surface area contributed by atoms with Gasteiger partial charge in [-0.25, -0.2) is 0 Å². The van der Waals surface area contributed by atoms with Gasteiger partial charge in [-0.15, -0.1) is 10.2 Å². The van der Waals surface area contributed by atoms with E-state index < -0.39 is 0 Å². The van der Waals surface area contributed by atoms with Gasteiger partial charge in [0.05, 0.1) is 6.54 Å². The summed E-state index contributed by atoms with van der Waals surface area (Å²) >= 11 is 1.67. The molecule has 0 saturated carbocycles. The second-order valence-corrected chi connectivity index (χ2v) is 5.72. The Kier molecular flexibility index (Phi) is 4.74. The molecule has 17 heavy (non-hydrogen) atoms. The second-order valence-electron chi connectivity index (χ2n) is 4.66. The first-order chi connectivity index (χ1) is 8.33. The first-order valence-corrected chi connectivity index (χ1v) is 7.39. The molecule has 4 nitrogen and oxygen atoms in total. The summed E-state index contributed by atoms with van der Waals surface area (Å²) in [5, 5.41) is 13.4. The Morgan fingerprint density at radius 3 is 3.00 bits per heavy atom. The standard InChI is InChI=1S/C12H22N4S/c1-3-6-10-7-4-5-8-16(10)9-11-14-15-12(13-2)17-11/h10H,3-9H2,1-2H3,(H,13,15). The predicted octanol–water partition coefficient (Wildman–Crippen LogP) is 2.73. The summed E-state index contributed by atoms with van der Waals surface area (Å²) in [4.78, 5) is 2.59. The van der Waals surface area contributed by atoms with Crippen LogP contribution in [0.4, 0.5) is 5.13 Å². The number of piperidine rings is 1. The maximum Gasteiger partial charge on any atom is 0.205 e. The van der Waals surface area contributed by atoms with Gasteiger partial charge in [0.1, 0.15) is 5.01 Å². The summed E-state index contributed by atoms with van der Waals surface area (Å²) in [5.74, 6) is 0. The first kappa shape index (κ1) is 12.8. The van der Waals surface area contributed by atoms with Crippen molar-refractivity contribution in [3.63, 3.8) is 0 Å². The molecule has 2 heterocycles. The zero-order valence-electron chi connectivity index (χ0n) is 10.8. The largest absolute Gasteiger partial charge is 0.363 e. The van der Waals surface area contributed by atoms with Crippen molar-refractivity contribution in [3.05, 3.63) is 5.01 Å². The molecule has 1 N–H and O–H groups in total. The highest BCUT2D eigenvalue weighted by atomic mass is 32.1. The molecule has 0 radical (unpaired) electrons. The van der Waals surface area contributed by atoms with E-state index >= 15 is 0 Å². The summed E-state index contributed by atoms with van der Waals surface area (Å²) in [7, 11) is 1.89. The van der Waals surface area contributed by atoms with Gasteiger partial charge in [0.25, 0.3) is 0 Å². The predicted molar refractivity (Wildman–Crippen MR) is 72.4 cm³/mol. The van der Waals surface area contributed by atoms with Gasteiger partial charge in [0.2, 0.25) is 5.13 Å². The van der Waals surface area contributed by atoms with Crippen LogP contribution in [0.3, 0.4) is 0 Å². The van der Waals surface area contributed by atoms with Crippen LogP contribution in [0, 0.1) is 0 Å². The Bertz CT molecular complexity index is 337. The zero-order chi connectivity index (χ0) is 12.1. The molecular weight excluding hydrogens is 232 g/mol. The van der Waals surface area contributed by atoms with Crippen LogP contribution < -0.4 is 5.32 Å². The minimum absolute atomic E-state index is 0.760. The van der Waals surface area contributed by atoms with Crippen LogP contribution >= 0.6 is 11.3 Å². The van der Waals surface area contributed by atoms with Crippen molar-refractivity contribution in [2.24, 2.45) is 0 Å². The fourth-order valence-electron chi connectivity index (χ4n) is 2.52. The maximum absolute atomic E-state index is 4.24. The summed E-state index contributed by atoms with van der Waals surface area (Å²) < 4.78 is 0. The molecule has 1 aliphatic heterocycles. The van der Waals surface area contributed by atoms with Gasteiger partial charge >= 0.3 is 0 Å². The van der Waals surface area contributed by atoms with Crippen molar-refractivity contribution >= 4 is 16.5 Å². The SMILES string of the molecule is CCCC1CCCCN1Cc1nnc(NC)s1. The third-order valence-corrected chi connectivity index (χ3v) is 4.32. The number of rotatable bonds is 5. The van der Waals surface area contributed by atoms with Gasteiger partial charge < -0.3 is 5.32 Å². The normalized spacial score (nSPS) is 21.6. The zero-order valence-corrected chi connectivity index (χ0v) is 11.6. The fraction of sp³-hybridized carbons (Fsp3) is 0.833. The number of nitrogens with one attached hydrogen (secondary N) is 1. The van der Waals surface area contributed by atoms with Crippen molar-refractivity contribution in [2.45, 2.75) is 51.6 Å². The maximum atomic E-state index is 4.24. The van der Waals surface area contributed by atoms with Gasteiger partial charge in [-0.1, -0.05) is 31.1 Å². The molecule has 0 amide bonds. The van der Waals surface area contributed by atoms with Crippen molar-refractivity contribution in [1.29, 1.82) is 0 Å². The molecule has 1 aromatic rings. The van der Waals surface area contributed by atoms with Crippen LogP contribution in [0.1, 0.15) is 44.0 Å². The van der Waals surface area contributed by atoms with Crippen molar-refractivity contribution in [1.82, 2.24) is 15.1 Å². The van der Waals surface area contributed by atoms with Crippen molar-refractivity contribution in [2.75, 3.05) is 18.9 Å². The average Bonchev–Trinajstić information content (AvgIpc) is 2.80. The van der Waals surface area contributed by atoms with Gasteiger partial charge in [-0.05, 0) is 25.8 Å². The average molecular weight is 254 g/mol. The summed E-state index contributed by atoms with van der Waals surface area (Å²) in [6, 6.07) is 0.760. The Morgan fingerprint density at radius 1 is 1.41 bits per heavy atom. The van der Waals surface area contributed by atoms with Crippen LogP contribution in [-0.4, -0.2) is 34.7 Å². The molecule has 0 spiro atoms. The van der Waals surface area contributed by atoms with Gasteiger partial charge in [0, 0.05) is 13.1 Å². The monoisotopic (exact) mass is 254 g/mol. The van der Waals surface area contributed by atoms with E-state index in [1.54, 1.807) is 11.3 Å². The van der Waals surface area contributed by atoms with E-state index in [-0.39, 0.29) is 0 Å². The minimum atomic E-state index is 0.760. The molecule has 0 aliphatic carbocycles. The van der Waals surface area contributed by atoms with Gasteiger partial charge in [-0.2, -0.15) is 0 Å². The third kappa shape index (κ3) is 3.39. The number of hydrogen-bond acceptors (Lipinski definition) is 5. The second kappa shape index (κ2) is 6.31. The molecule has 5 heteroatoms. The molecule has 1 unspecified atom stereocenters. The Hall–Kier alpha value is -0.680. The van der Waals surface area contributed by atoms with Gasteiger partial charge in [-0.3, -0.25) is 4.90 Å². The van der Waals surface area contributed by atoms with E-state index in [1.165, 1.54) is 38.6 Å². The van der Waals surface area contributed by atoms with Crippen LogP contribution in [0.5, 0.6) is 0 Å². The number of likely N-dealkylation sites (tertiary alicyclic amines) is 1. The lowest BCUT2D eigenvalue weighted by molar-refractivity contribution is 0.131. The Balaban J connectivity index is 1.95. The minimum Gasteiger partial charge on any atom is -0.363 e. The summed E-state index contributed by atoms with van der Waals surface area (Å²) in [6.07, 6.45) is 6.67. The van der Waals surface area contributed by atoms with Crippen LogP contribution in [0.25, 0.3) is 0 Å². The molecule has 1 atom stereocenters. The van der Waals surface area contributed by atoms with E-state index in [2.05, 4.69) is 27.3 Å². The number of anilines is 1. The molecule has 0 aromatic carbocycles. The lowest BCUT2D eigenvalue weighted by Crippen LogP contribution is -2.38. The molecule has 96 valence electrons. The smallest absolute Gasteiger partial charge is 0.205 e. The Labute approximate surface area is 107 Å². The summed E-state index contributed by atoms with van der Waals surface area (Å²) in [5.41, 5.74) is 0. The quantitative estimate of drug-likeness (QED) is 0.877. The van der Waals surface area contributed by atoms with Crippen molar-refractivity contribution in [3.8, 4) is 0 Å². The highest BCUT2D eigenvalue weighted by Crippen LogP contribution is 2.24. The lowest BCUT2D eigenvalue weighted by atomic mass is 9.98. The first-order valence-electron chi connectivity index (χ1n) is 6.57. The molecule has 1 saturated heterocycles. The van der Waals surface area contributed by atoms with Crippen LogP contribution in [-0.2, 0) is 6.54 Å². The van der Waals surface area contributed by atoms with E-state index in [9.17, 15) is 0 Å². The highest BCUT2D eigenvalue weighted by molar-refractivity contribution is 7.15. The van der Waals surface area contributed by atoms with E-state index in [0.29, 0.717) is 0 Å². The Morgan fingerprint density at radius 2 is 2.29 bits per heavy atom. The lowest BCUT2D eigenvalue weighted by Gasteiger charge is -2.34. The van der Waals surface area contributed by atoms with E-state index in [1.807, 2.05) is 7.05 Å². The molecule has 2 rings (SSSR count). The highest BCUT2D eigenvalue weighted by Gasteiger charge is 2.22. The molecular formula is C12H22N4S. The molecule has 1 aliphatic rings. The van der Waals surface area contributed by atoms with Crippen LogP contribution in [0.2, 0.25) is 0 Å². The number of hydrogen-bond donors (Lipinski definition) is 1. The van der Waals surface area contributed by atoms with E-state index in [4.69, 9.17) is 0 Å². The van der Waals surface area contributed by atoms with Crippen LogP contribution in [0.15, 0.2) is 0 Å². The molecule has 1 aromatic heterocycles. The number of aromatic nitrogens is 2. The third-order valence-electron chi connectivity index (χ3n) is 3.39. The van der Waals surface area contributed by atoms with Crippen molar-refractivity contribution < 1.29 is 0 Å². The van der Waals surface area contributed by atoms with E-state index in [0.717, 1.165) is 22.7 Å². The number of nitrogens with zero attached hydrogens (tertiary/aromatic N) is 3. The topological polar surface area (TPSA) is 41.1 Å².